The van der Waals surface area contributed by atoms with Crippen molar-refractivity contribution in [1.82, 2.24) is 0 Å². The van der Waals surface area contributed by atoms with E-state index in [1.807, 2.05) is 0 Å². The van der Waals surface area contributed by atoms with Crippen molar-refractivity contribution in [3.05, 3.63) is 65.2 Å². The second-order valence-corrected chi connectivity index (χ2v) is 6.40. The normalized spacial score (nSPS) is 11.0. The number of carbonyl (C=O) groups is 3. The number of esters is 2. The fourth-order valence-electron chi connectivity index (χ4n) is 2.67. The van der Waals surface area contributed by atoms with E-state index in [0.717, 1.165) is 38.5 Å². The maximum absolute atomic E-state index is 12.6. The van der Waals surface area contributed by atoms with E-state index in [2.05, 4.69) is 14.8 Å². The zero-order chi connectivity index (χ0) is 23.0. The molecule has 2 aromatic carbocycles. The van der Waals surface area contributed by atoms with E-state index in [0.29, 0.717) is 11.1 Å². The highest BCUT2D eigenvalue weighted by Crippen LogP contribution is 2.29. The summed E-state index contributed by atoms with van der Waals surface area (Å²) in [6, 6.07) is 10.6. The van der Waals surface area contributed by atoms with E-state index in [1.54, 1.807) is 24.3 Å². The van der Waals surface area contributed by atoms with Gasteiger partial charge < -0.3 is 14.2 Å². The molecule has 1 amide bonds. The lowest BCUT2D eigenvalue weighted by Gasteiger charge is -2.13. The fraction of sp³-hybridized carbons (Fsp3) is 0.286. The van der Waals surface area contributed by atoms with Gasteiger partial charge in [-0.15, -0.1) is 0 Å². The summed E-state index contributed by atoms with van der Waals surface area (Å²) in [5, 5.41) is 2.33. The molecule has 0 atom stereocenters. The highest BCUT2D eigenvalue weighted by molar-refractivity contribution is 5.95. The number of anilines is 1. The van der Waals surface area contributed by atoms with Gasteiger partial charge in [0.1, 0.15) is 6.61 Å². The Balaban J connectivity index is 1.96. The number of carbonyl (C=O) groups excluding carboxylic acids is 3. The monoisotopic (exact) mass is 439 g/mol. The highest BCUT2D eigenvalue weighted by atomic mass is 19.4. The summed E-state index contributed by atoms with van der Waals surface area (Å²) in [7, 11) is 2.33. The molecule has 7 nitrogen and oxygen atoms in total. The number of halogens is 3. The third kappa shape index (κ3) is 7.02. The predicted octanol–water partition coefficient (Wildman–Crippen LogP) is 3.96. The summed E-state index contributed by atoms with van der Waals surface area (Å²) in [4.78, 5) is 35.5. The third-order valence-corrected chi connectivity index (χ3v) is 4.23. The standard InChI is InChI=1S/C21H20F3NO6/c1-29-18(26)17(19(27)30-2)11-13-4-3-5-14(10-13)12-31-20(28)25-16-8-6-15(7-9-16)21(22,23)24/h3-10,17H,11-12H2,1-2H3,(H,25,28). The Bertz CT molecular complexity index is 911. The molecule has 0 aliphatic carbocycles. The van der Waals surface area contributed by atoms with E-state index < -0.39 is 35.7 Å². The second-order valence-electron chi connectivity index (χ2n) is 6.40. The van der Waals surface area contributed by atoms with Gasteiger partial charge in [0.05, 0.1) is 19.8 Å². The summed E-state index contributed by atoms with van der Waals surface area (Å²) in [5.74, 6) is -2.59. The molecule has 0 saturated heterocycles. The summed E-state index contributed by atoms with van der Waals surface area (Å²) < 4.78 is 52.0. The van der Waals surface area contributed by atoms with Crippen molar-refractivity contribution in [2.45, 2.75) is 19.2 Å². The number of methoxy groups -OCH3 is 2. The van der Waals surface area contributed by atoms with Gasteiger partial charge in [-0.3, -0.25) is 14.9 Å². The SMILES string of the molecule is COC(=O)C(Cc1cccc(COC(=O)Nc2ccc(C(F)(F)F)cc2)c1)C(=O)OC. The van der Waals surface area contributed by atoms with Crippen LogP contribution in [0.5, 0.6) is 0 Å². The van der Waals surface area contributed by atoms with E-state index in [4.69, 9.17) is 4.74 Å². The molecule has 0 heterocycles. The van der Waals surface area contributed by atoms with Crippen molar-refractivity contribution in [3.63, 3.8) is 0 Å². The molecule has 0 aromatic heterocycles. The molecule has 166 valence electrons. The van der Waals surface area contributed by atoms with Crippen molar-refractivity contribution < 1.29 is 41.8 Å². The van der Waals surface area contributed by atoms with Gasteiger partial charge >= 0.3 is 24.2 Å². The average Bonchev–Trinajstić information content (AvgIpc) is 2.75. The van der Waals surface area contributed by atoms with Crippen LogP contribution >= 0.6 is 0 Å². The van der Waals surface area contributed by atoms with Crippen LogP contribution in [-0.2, 0) is 43.0 Å². The minimum atomic E-state index is -4.47. The van der Waals surface area contributed by atoms with Gasteiger partial charge in [0, 0.05) is 5.69 Å². The number of benzene rings is 2. The molecule has 2 rings (SSSR count). The van der Waals surface area contributed by atoms with E-state index in [-0.39, 0.29) is 18.7 Å². The van der Waals surface area contributed by atoms with Crippen LogP contribution in [0, 0.1) is 5.92 Å². The molecule has 2 aromatic rings. The first-order valence-corrected chi connectivity index (χ1v) is 8.98. The molecule has 0 aliphatic heterocycles. The molecule has 10 heteroatoms. The minimum absolute atomic E-state index is 0.0327. The van der Waals surface area contributed by atoms with Gasteiger partial charge in [-0.25, -0.2) is 4.79 Å². The summed E-state index contributed by atoms with van der Waals surface area (Å²) >= 11 is 0. The Morgan fingerprint density at radius 3 is 2.06 bits per heavy atom. The number of hydrogen-bond donors (Lipinski definition) is 1. The Morgan fingerprint density at radius 1 is 0.935 bits per heavy atom. The smallest absolute Gasteiger partial charge is 0.416 e. The average molecular weight is 439 g/mol. The van der Waals surface area contributed by atoms with Crippen LogP contribution in [0.15, 0.2) is 48.5 Å². The first kappa shape index (κ1) is 23.7. The lowest BCUT2D eigenvalue weighted by atomic mass is 9.98. The Labute approximate surface area is 176 Å². The van der Waals surface area contributed by atoms with Gasteiger partial charge in [-0.1, -0.05) is 24.3 Å². The quantitative estimate of drug-likeness (QED) is 0.399. The van der Waals surface area contributed by atoms with Crippen LogP contribution in [0.4, 0.5) is 23.7 Å². The Hall–Kier alpha value is -3.56. The molecular weight excluding hydrogens is 419 g/mol. The molecule has 0 spiro atoms. The maximum Gasteiger partial charge on any atom is 0.416 e. The maximum atomic E-state index is 12.6. The van der Waals surface area contributed by atoms with Crippen molar-refractivity contribution in [2.24, 2.45) is 5.92 Å². The largest absolute Gasteiger partial charge is 0.468 e. The van der Waals surface area contributed by atoms with E-state index in [1.165, 1.54) is 0 Å². The Kier molecular flexibility index (Phi) is 8.00. The van der Waals surface area contributed by atoms with Crippen LogP contribution in [0.1, 0.15) is 16.7 Å². The molecule has 0 bridgehead atoms. The van der Waals surface area contributed by atoms with Gasteiger partial charge in [-0.05, 0) is 41.8 Å². The fourth-order valence-corrected chi connectivity index (χ4v) is 2.67. The summed E-state index contributed by atoms with van der Waals surface area (Å²) in [5.41, 5.74) is 0.504. The number of alkyl halides is 3. The van der Waals surface area contributed by atoms with Crippen LogP contribution in [0.2, 0.25) is 0 Å². The summed E-state index contributed by atoms with van der Waals surface area (Å²) in [6.45, 7) is -0.137. The molecule has 0 unspecified atom stereocenters. The number of amides is 1. The van der Waals surface area contributed by atoms with E-state index >= 15 is 0 Å². The molecule has 0 radical (unpaired) electrons. The number of rotatable bonds is 7. The molecular formula is C21H20F3NO6. The zero-order valence-electron chi connectivity index (χ0n) is 16.7. The van der Waals surface area contributed by atoms with Gasteiger partial charge in [0.2, 0.25) is 0 Å². The van der Waals surface area contributed by atoms with Gasteiger partial charge in [0.25, 0.3) is 0 Å². The van der Waals surface area contributed by atoms with Crippen LogP contribution in [-0.4, -0.2) is 32.3 Å². The molecule has 0 fully saturated rings. The van der Waals surface area contributed by atoms with Crippen molar-refractivity contribution in [1.29, 1.82) is 0 Å². The number of ether oxygens (including phenoxy) is 3. The first-order chi connectivity index (χ1) is 14.6. The van der Waals surface area contributed by atoms with E-state index in [9.17, 15) is 27.6 Å². The van der Waals surface area contributed by atoms with Gasteiger partial charge in [-0.2, -0.15) is 13.2 Å². The number of nitrogens with one attached hydrogen (secondary N) is 1. The predicted molar refractivity (Wildman–Crippen MR) is 103 cm³/mol. The lowest BCUT2D eigenvalue weighted by molar-refractivity contribution is -0.158. The minimum Gasteiger partial charge on any atom is -0.468 e. The molecule has 0 saturated carbocycles. The van der Waals surface area contributed by atoms with Crippen LogP contribution in [0.3, 0.4) is 0 Å². The highest BCUT2D eigenvalue weighted by Gasteiger charge is 2.30. The van der Waals surface area contributed by atoms with Crippen LogP contribution < -0.4 is 5.32 Å². The van der Waals surface area contributed by atoms with Gasteiger partial charge in [0.15, 0.2) is 5.92 Å². The van der Waals surface area contributed by atoms with Crippen molar-refractivity contribution >= 4 is 23.7 Å². The molecule has 31 heavy (non-hydrogen) atoms. The van der Waals surface area contributed by atoms with Crippen molar-refractivity contribution in [3.8, 4) is 0 Å². The topological polar surface area (TPSA) is 90.9 Å². The third-order valence-electron chi connectivity index (χ3n) is 4.23. The lowest BCUT2D eigenvalue weighted by Crippen LogP contribution is -2.28. The second kappa shape index (κ2) is 10.5. The first-order valence-electron chi connectivity index (χ1n) is 8.98. The van der Waals surface area contributed by atoms with Crippen molar-refractivity contribution in [2.75, 3.05) is 19.5 Å². The Morgan fingerprint density at radius 2 is 1.52 bits per heavy atom. The molecule has 0 aliphatic rings. The molecule has 1 N–H and O–H groups in total. The number of hydrogen-bond acceptors (Lipinski definition) is 6. The zero-order valence-corrected chi connectivity index (χ0v) is 16.7. The summed E-state index contributed by atoms with van der Waals surface area (Å²) in [6.07, 6.45) is -5.29. The van der Waals surface area contributed by atoms with Crippen LogP contribution in [0.25, 0.3) is 0 Å².